The molecule has 4 heteroatoms. The number of hydrogen-bond acceptors (Lipinski definition) is 4. The second-order valence-corrected chi connectivity index (χ2v) is 35.3. The number of nitrogens with zero attached hydrogens (tertiary/aromatic N) is 4. The van der Waals surface area contributed by atoms with Crippen molar-refractivity contribution in [1.29, 1.82) is 0 Å². The lowest BCUT2D eigenvalue weighted by molar-refractivity contribution is 0.663. The van der Waals surface area contributed by atoms with Gasteiger partial charge in [-0.15, -0.1) is 0 Å². The Morgan fingerprint density at radius 2 is 0.338 bits per heavy atom. The second kappa shape index (κ2) is 32.5. The molecule has 0 spiro atoms. The summed E-state index contributed by atoms with van der Waals surface area (Å²) in [6.45, 7) is 9.79. The molecule has 4 nitrogen and oxygen atoms in total. The zero-order chi connectivity index (χ0) is 87.0. The molecular weight excluding hydrogens is 1570 g/mol. The summed E-state index contributed by atoms with van der Waals surface area (Å²) in [5.74, 6) is 0. The quantitative estimate of drug-likeness (QED) is 0.0894. The van der Waals surface area contributed by atoms with Crippen molar-refractivity contribution >= 4 is 133 Å². The van der Waals surface area contributed by atoms with Crippen LogP contribution in [0.2, 0.25) is 0 Å². The van der Waals surface area contributed by atoms with Crippen molar-refractivity contribution < 1.29 is 0 Å². The van der Waals surface area contributed by atoms with Gasteiger partial charge in [0.1, 0.15) is 0 Å². The van der Waals surface area contributed by atoms with Crippen molar-refractivity contribution in [3.8, 4) is 66.8 Å². The van der Waals surface area contributed by atoms with E-state index in [1.807, 2.05) is 0 Å². The molecule has 0 N–H and O–H groups in total. The van der Waals surface area contributed by atoms with Crippen LogP contribution in [-0.4, -0.2) is 0 Å². The van der Waals surface area contributed by atoms with Gasteiger partial charge in [-0.1, -0.05) is 367 Å². The lowest BCUT2D eigenvalue weighted by Crippen LogP contribution is -2.18. The first-order valence-electron chi connectivity index (χ1n) is 45.2. The minimum atomic E-state index is -0.377. The number of para-hydroxylation sites is 8. The Hall–Kier alpha value is -16.4. The van der Waals surface area contributed by atoms with Crippen molar-refractivity contribution in [2.75, 3.05) is 19.6 Å². The SMILES string of the molecule is CC1(C)c2cc(N(c3ccccc3)c3ccccc3)ccc2-c2c1c(-c1ccccc1)c1c3ccc(N(c4ccccc4)c4ccccc4)cc3c3ccccc3c1c2-c1ccccc1.CC1(C)c2cc(N(c3ccccc3)c3ccccc3)ccc2-c2c1c(-c1ccccc1)c1c3ccccc3c3cc(N(c4ccccc4)c4ccccc4)ccc3c1c2-c1ccccc1. The lowest BCUT2D eigenvalue weighted by atomic mass is 9.74. The van der Waals surface area contributed by atoms with Crippen molar-refractivity contribution in [1.82, 2.24) is 0 Å². The molecule has 0 bridgehead atoms. The molecule has 2 aliphatic carbocycles. The highest BCUT2D eigenvalue weighted by Gasteiger charge is 2.45. The third kappa shape index (κ3) is 13.2. The Kier molecular flexibility index (Phi) is 19.6. The fraction of sp³-hybridized carbons (Fsp3) is 0.0476. The maximum absolute atomic E-state index is 2.47. The highest BCUT2D eigenvalue weighted by atomic mass is 15.2. The van der Waals surface area contributed by atoms with E-state index in [1.54, 1.807) is 0 Å². The van der Waals surface area contributed by atoms with Gasteiger partial charge in [0.05, 0.1) is 0 Å². The third-order valence-electron chi connectivity index (χ3n) is 27.1. The van der Waals surface area contributed by atoms with E-state index in [0.717, 1.165) is 68.2 Å². The summed E-state index contributed by atoms with van der Waals surface area (Å²) in [5.41, 5.74) is 33.4. The Morgan fingerprint density at radius 3 is 0.592 bits per heavy atom. The van der Waals surface area contributed by atoms with Gasteiger partial charge >= 0.3 is 0 Å². The molecule has 616 valence electrons. The molecular formula is C126H92N4. The maximum atomic E-state index is 2.47. The largest absolute Gasteiger partial charge is 0.310 e. The first kappa shape index (κ1) is 78.3. The standard InChI is InChI=1S/2C63H46N2/c1-63(2)56-42-50(65(47-31-17-7-18-32-47)48-33-19-8-20-34-48)38-40-54(56)61-57(43-23-9-3-10-24-43)59-53-39-37-49(64(45-27-13-5-14-28-45)46-29-15-6-16-30-46)41-55(53)51-35-21-22-36-52(51)60(59)58(62(61)63)44-25-11-4-12-26-44;1-63(2)56-42-50(65(47-31-17-7-18-32-47)48-33-19-8-20-34-48)38-40-54(56)61-57(43-23-9-3-10-24-43)59-52-36-22-21-35-51(52)55-41-49(64(45-27-13-5-14-28-45)46-29-15-6-16-30-46)37-39-53(55)60(59)58(62(61)63)44-25-11-4-12-26-44/h2*3-42H,1-2H3. The zero-order valence-corrected chi connectivity index (χ0v) is 73.0. The molecule has 22 aromatic rings. The molecule has 0 aliphatic heterocycles. The van der Waals surface area contributed by atoms with Gasteiger partial charge in [-0.25, -0.2) is 0 Å². The van der Waals surface area contributed by atoms with Gasteiger partial charge in [0.25, 0.3) is 0 Å². The van der Waals surface area contributed by atoms with E-state index in [4.69, 9.17) is 0 Å². The minimum absolute atomic E-state index is 0.367. The summed E-state index contributed by atoms with van der Waals surface area (Å²) in [4.78, 5) is 9.52. The molecule has 22 aromatic carbocycles. The Labute approximate surface area is 760 Å². The molecule has 0 aromatic heterocycles. The van der Waals surface area contributed by atoms with E-state index in [9.17, 15) is 0 Å². The molecule has 0 saturated carbocycles. The van der Waals surface area contributed by atoms with Crippen LogP contribution in [0.5, 0.6) is 0 Å². The van der Waals surface area contributed by atoms with Gasteiger partial charge in [0.15, 0.2) is 0 Å². The van der Waals surface area contributed by atoms with Gasteiger partial charge < -0.3 is 19.6 Å². The van der Waals surface area contributed by atoms with E-state index in [-0.39, 0.29) is 10.8 Å². The van der Waals surface area contributed by atoms with Crippen molar-refractivity contribution in [3.05, 3.63) is 508 Å². The molecule has 2 aliphatic rings. The summed E-state index contributed by atoms with van der Waals surface area (Å²) in [6.07, 6.45) is 0. The molecule has 0 radical (unpaired) electrons. The number of rotatable bonds is 16. The van der Waals surface area contributed by atoms with Crippen molar-refractivity contribution in [2.45, 2.75) is 38.5 Å². The first-order valence-corrected chi connectivity index (χ1v) is 45.2. The van der Waals surface area contributed by atoms with E-state index in [0.29, 0.717) is 0 Å². The molecule has 0 heterocycles. The Morgan fingerprint density at radius 1 is 0.146 bits per heavy atom. The topological polar surface area (TPSA) is 13.0 Å². The normalized spacial score (nSPS) is 12.6. The minimum Gasteiger partial charge on any atom is -0.310 e. The molecule has 0 unspecified atom stereocenters. The van der Waals surface area contributed by atoms with E-state index in [1.165, 1.54) is 154 Å². The number of anilines is 12. The fourth-order valence-corrected chi connectivity index (χ4v) is 21.5. The second-order valence-electron chi connectivity index (χ2n) is 35.3. The van der Waals surface area contributed by atoms with Crippen LogP contribution in [0.4, 0.5) is 68.2 Å². The Bertz CT molecular complexity index is 7860. The van der Waals surface area contributed by atoms with Crippen molar-refractivity contribution in [3.63, 3.8) is 0 Å². The highest BCUT2D eigenvalue weighted by molar-refractivity contribution is 6.36. The van der Waals surface area contributed by atoms with E-state index in [2.05, 4.69) is 533 Å². The monoisotopic (exact) mass is 1660 g/mol. The highest BCUT2D eigenvalue weighted by Crippen LogP contribution is 2.64. The molecule has 0 saturated heterocycles. The van der Waals surface area contributed by atoms with Crippen LogP contribution in [0.25, 0.3) is 131 Å². The van der Waals surface area contributed by atoms with Crippen LogP contribution in [0.15, 0.2) is 485 Å². The molecule has 130 heavy (non-hydrogen) atoms. The number of benzene rings is 22. The van der Waals surface area contributed by atoms with E-state index >= 15 is 0 Å². The fourth-order valence-electron chi connectivity index (χ4n) is 21.5. The number of hydrogen-bond donors (Lipinski definition) is 0. The molecule has 24 rings (SSSR count). The van der Waals surface area contributed by atoms with Gasteiger partial charge in [-0.05, 0) is 299 Å². The maximum Gasteiger partial charge on any atom is 0.0468 e. The average molecular weight is 1660 g/mol. The van der Waals surface area contributed by atoms with Crippen LogP contribution in [0, 0.1) is 0 Å². The van der Waals surface area contributed by atoms with Gasteiger partial charge in [-0.2, -0.15) is 0 Å². The van der Waals surface area contributed by atoms with Crippen LogP contribution in [0.3, 0.4) is 0 Å². The van der Waals surface area contributed by atoms with E-state index < -0.39 is 0 Å². The first-order chi connectivity index (χ1) is 64.1. The lowest BCUT2D eigenvalue weighted by Gasteiger charge is -2.30. The van der Waals surface area contributed by atoms with Crippen LogP contribution >= 0.6 is 0 Å². The molecule has 0 amide bonds. The summed E-state index contributed by atoms with van der Waals surface area (Å²) in [6, 6.07) is 177. The predicted molar refractivity (Wildman–Crippen MR) is 554 cm³/mol. The molecule has 0 fully saturated rings. The summed E-state index contributed by atoms with van der Waals surface area (Å²) in [5, 5.41) is 15.1. The van der Waals surface area contributed by atoms with Gasteiger partial charge in [0.2, 0.25) is 0 Å². The summed E-state index contributed by atoms with van der Waals surface area (Å²) < 4.78 is 0. The summed E-state index contributed by atoms with van der Waals surface area (Å²) in [7, 11) is 0. The smallest absolute Gasteiger partial charge is 0.0468 e. The summed E-state index contributed by atoms with van der Waals surface area (Å²) >= 11 is 0. The zero-order valence-electron chi connectivity index (χ0n) is 73.0. The van der Waals surface area contributed by atoms with Gasteiger partial charge in [-0.3, -0.25) is 0 Å². The average Bonchev–Trinajstić information content (AvgIpc) is 1.48. The van der Waals surface area contributed by atoms with Crippen LogP contribution < -0.4 is 19.6 Å². The Balaban J connectivity index is 0.000000148. The predicted octanol–water partition coefficient (Wildman–Crippen LogP) is 35.5. The van der Waals surface area contributed by atoms with Crippen LogP contribution in [-0.2, 0) is 10.8 Å². The third-order valence-corrected chi connectivity index (χ3v) is 27.1. The van der Waals surface area contributed by atoms with Gasteiger partial charge in [0, 0.05) is 79.1 Å². The molecule has 0 atom stereocenters. The van der Waals surface area contributed by atoms with Crippen LogP contribution in [0.1, 0.15) is 49.9 Å². The van der Waals surface area contributed by atoms with Crippen molar-refractivity contribution in [2.24, 2.45) is 0 Å². The number of fused-ring (bicyclic) bond motifs is 18.